The number of carbonyl (C=O) groups excluding carboxylic acids is 1. The summed E-state index contributed by atoms with van der Waals surface area (Å²) in [7, 11) is 0. The molecule has 0 unspecified atom stereocenters. The maximum atomic E-state index is 12.0. The third kappa shape index (κ3) is 5.33. The molecular formula is C10H16F3N3O2. The van der Waals surface area contributed by atoms with Crippen molar-refractivity contribution in [3.05, 3.63) is 4.91 Å². The Hall–Kier alpha value is -1.34. The van der Waals surface area contributed by atoms with Gasteiger partial charge in [-0.1, -0.05) is 19.3 Å². The van der Waals surface area contributed by atoms with Crippen molar-refractivity contribution in [3.63, 3.8) is 0 Å². The van der Waals surface area contributed by atoms with E-state index in [2.05, 4.69) is 10.6 Å². The molecule has 1 aliphatic rings. The Morgan fingerprint density at radius 2 is 1.89 bits per heavy atom. The lowest BCUT2D eigenvalue weighted by atomic mass is 9.96. The number of carbonyl (C=O) groups is 1. The Morgan fingerprint density at radius 1 is 1.28 bits per heavy atom. The zero-order valence-corrected chi connectivity index (χ0v) is 9.87. The molecule has 0 saturated heterocycles. The third-order valence-corrected chi connectivity index (χ3v) is 2.87. The van der Waals surface area contributed by atoms with E-state index in [1.54, 1.807) is 0 Å². The van der Waals surface area contributed by atoms with E-state index in [1.807, 2.05) is 0 Å². The van der Waals surface area contributed by atoms with Gasteiger partial charge < -0.3 is 5.32 Å². The molecule has 0 spiro atoms. The van der Waals surface area contributed by atoms with Crippen molar-refractivity contribution in [2.45, 2.75) is 50.7 Å². The van der Waals surface area contributed by atoms with Gasteiger partial charge >= 0.3 is 12.2 Å². The number of rotatable bonds is 4. The van der Waals surface area contributed by atoms with E-state index in [9.17, 15) is 22.9 Å². The van der Waals surface area contributed by atoms with Crippen LogP contribution in [0.3, 0.4) is 0 Å². The van der Waals surface area contributed by atoms with Crippen molar-refractivity contribution in [2.75, 3.05) is 6.54 Å². The van der Waals surface area contributed by atoms with Gasteiger partial charge in [0, 0.05) is 6.04 Å². The lowest BCUT2D eigenvalue weighted by Gasteiger charge is -2.24. The molecule has 0 aliphatic heterocycles. The topological polar surface area (TPSA) is 61.8 Å². The molecule has 0 aromatic carbocycles. The van der Waals surface area contributed by atoms with Gasteiger partial charge in [0.2, 0.25) is 0 Å². The quantitative estimate of drug-likeness (QED) is 0.628. The molecule has 18 heavy (non-hydrogen) atoms. The van der Waals surface area contributed by atoms with Crippen LogP contribution < -0.4 is 5.32 Å². The average Bonchev–Trinajstić information content (AvgIpc) is 2.29. The van der Waals surface area contributed by atoms with Crippen molar-refractivity contribution in [2.24, 2.45) is 5.29 Å². The molecule has 0 radical (unpaired) electrons. The number of hydrogen-bond acceptors (Lipinski definition) is 3. The zero-order chi connectivity index (χ0) is 13.6. The Kier molecular flexibility index (Phi) is 5.36. The summed E-state index contributed by atoms with van der Waals surface area (Å²) in [5.41, 5.74) is 0. The first-order chi connectivity index (χ1) is 8.42. The van der Waals surface area contributed by atoms with Crippen molar-refractivity contribution in [3.8, 4) is 0 Å². The summed E-state index contributed by atoms with van der Waals surface area (Å²) >= 11 is 0. The molecule has 1 saturated carbocycles. The second kappa shape index (κ2) is 6.55. The highest BCUT2D eigenvalue weighted by atomic mass is 19.4. The van der Waals surface area contributed by atoms with E-state index in [1.165, 1.54) is 0 Å². The highest BCUT2D eigenvalue weighted by Crippen LogP contribution is 2.20. The van der Waals surface area contributed by atoms with E-state index >= 15 is 0 Å². The van der Waals surface area contributed by atoms with E-state index in [0.29, 0.717) is 5.01 Å². The molecule has 0 bridgehead atoms. The van der Waals surface area contributed by atoms with Gasteiger partial charge in [-0.25, -0.2) is 4.79 Å². The first-order valence-electron chi connectivity index (χ1n) is 5.90. The fourth-order valence-corrected chi connectivity index (χ4v) is 1.91. The molecule has 0 atom stereocenters. The number of nitroso groups, excluding NO2 is 1. The maximum Gasteiger partial charge on any atom is 0.390 e. The average molecular weight is 267 g/mol. The van der Waals surface area contributed by atoms with Gasteiger partial charge in [-0.3, -0.25) is 0 Å². The number of amides is 2. The highest BCUT2D eigenvalue weighted by molar-refractivity contribution is 5.74. The molecule has 0 aromatic rings. The summed E-state index contributed by atoms with van der Waals surface area (Å²) < 4.78 is 35.9. The lowest BCUT2D eigenvalue weighted by molar-refractivity contribution is -0.136. The molecular weight excluding hydrogens is 251 g/mol. The van der Waals surface area contributed by atoms with E-state index in [-0.39, 0.29) is 6.04 Å². The number of hydrogen-bond donors (Lipinski definition) is 1. The highest BCUT2D eigenvalue weighted by Gasteiger charge is 2.30. The first-order valence-corrected chi connectivity index (χ1v) is 5.90. The smallest absolute Gasteiger partial charge is 0.334 e. The number of urea groups is 1. The van der Waals surface area contributed by atoms with Crippen molar-refractivity contribution < 1.29 is 18.0 Å². The Balaban J connectivity index is 2.38. The van der Waals surface area contributed by atoms with Crippen LogP contribution in [-0.4, -0.2) is 29.8 Å². The Labute approximate surface area is 103 Å². The minimum Gasteiger partial charge on any atom is -0.334 e. The molecule has 104 valence electrons. The van der Waals surface area contributed by atoms with Crippen LogP contribution >= 0.6 is 0 Å². The van der Waals surface area contributed by atoms with Crippen LogP contribution in [0.15, 0.2) is 5.29 Å². The van der Waals surface area contributed by atoms with Crippen LogP contribution in [0, 0.1) is 4.91 Å². The molecule has 5 nitrogen and oxygen atoms in total. The van der Waals surface area contributed by atoms with Crippen molar-refractivity contribution >= 4 is 6.03 Å². The van der Waals surface area contributed by atoms with Crippen LogP contribution in [0.1, 0.15) is 38.5 Å². The van der Waals surface area contributed by atoms with Crippen LogP contribution in [0.5, 0.6) is 0 Å². The molecule has 0 aromatic heterocycles. The second-order valence-corrected chi connectivity index (χ2v) is 4.35. The van der Waals surface area contributed by atoms with E-state index < -0.39 is 25.2 Å². The van der Waals surface area contributed by atoms with Crippen LogP contribution in [0.4, 0.5) is 18.0 Å². The standard InChI is InChI=1S/C10H16F3N3O2/c11-10(12,13)6-7-16(15-18)9(17)14-8-4-2-1-3-5-8/h8H,1-7H2,(H,14,17). The molecule has 1 aliphatic carbocycles. The van der Waals surface area contributed by atoms with Gasteiger partial charge in [0.25, 0.3) is 0 Å². The number of nitrogens with zero attached hydrogens (tertiary/aromatic N) is 2. The molecule has 2 amide bonds. The normalized spacial score (nSPS) is 17.3. The monoisotopic (exact) mass is 267 g/mol. The maximum absolute atomic E-state index is 12.0. The van der Waals surface area contributed by atoms with Gasteiger partial charge in [0.05, 0.1) is 18.3 Å². The predicted octanol–water partition coefficient (Wildman–Crippen LogP) is 2.96. The molecule has 8 heteroatoms. The fraction of sp³-hybridized carbons (Fsp3) is 0.900. The minimum atomic E-state index is -4.41. The zero-order valence-electron chi connectivity index (χ0n) is 9.87. The molecule has 1 fully saturated rings. The summed E-state index contributed by atoms with van der Waals surface area (Å²) in [6, 6.07) is -0.914. The summed E-state index contributed by atoms with van der Waals surface area (Å²) in [6.07, 6.45) is -1.03. The summed E-state index contributed by atoms with van der Waals surface area (Å²) in [5, 5.41) is 5.15. The Morgan fingerprint density at radius 3 is 2.39 bits per heavy atom. The van der Waals surface area contributed by atoms with Crippen molar-refractivity contribution in [1.82, 2.24) is 10.3 Å². The lowest BCUT2D eigenvalue weighted by Crippen LogP contribution is -2.44. The number of alkyl halides is 3. The molecule has 1 N–H and O–H groups in total. The largest absolute Gasteiger partial charge is 0.390 e. The SMILES string of the molecule is O=NN(CCC(F)(F)F)C(=O)NC1CCCCC1. The van der Waals surface area contributed by atoms with Gasteiger partial charge in [0.15, 0.2) is 0 Å². The van der Waals surface area contributed by atoms with Crippen molar-refractivity contribution in [1.29, 1.82) is 0 Å². The third-order valence-electron chi connectivity index (χ3n) is 2.87. The fourth-order valence-electron chi connectivity index (χ4n) is 1.91. The second-order valence-electron chi connectivity index (χ2n) is 4.35. The summed E-state index contributed by atoms with van der Waals surface area (Å²) in [6.45, 7) is -0.744. The van der Waals surface area contributed by atoms with E-state index in [0.717, 1.165) is 32.1 Å². The van der Waals surface area contributed by atoms with Gasteiger partial charge in [-0.15, -0.1) is 4.91 Å². The number of nitrogens with one attached hydrogen (secondary N) is 1. The van der Waals surface area contributed by atoms with E-state index in [4.69, 9.17) is 0 Å². The minimum absolute atomic E-state index is 0.0682. The molecule has 0 heterocycles. The Bertz CT molecular complexity index is 291. The van der Waals surface area contributed by atoms with Gasteiger partial charge in [-0.05, 0) is 12.8 Å². The van der Waals surface area contributed by atoms with Gasteiger partial charge in [0.1, 0.15) is 0 Å². The molecule has 1 rings (SSSR count). The predicted molar refractivity (Wildman–Crippen MR) is 58.6 cm³/mol. The van der Waals surface area contributed by atoms with Gasteiger partial charge in [-0.2, -0.15) is 18.2 Å². The van der Waals surface area contributed by atoms with Crippen LogP contribution in [0.2, 0.25) is 0 Å². The summed E-state index contributed by atoms with van der Waals surface area (Å²) in [5.74, 6) is 0. The first kappa shape index (κ1) is 14.7. The van der Waals surface area contributed by atoms with Crippen LogP contribution in [0.25, 0.3) is 0 Å². The number of halogens is 3. The van der Waals surface area contributed by atoms with Crippen LogP contribution in [-0.2, 0) is 0 Å². The summed E-state index contributed by atoms with van der Waals surface area (Å²) in [4.78, 5) is 21.9.